The Kier molecular flexibility index (Phi) is 7.26. The van der Waals surface area contributed by atoms with Crippen molar-refractivity contribution in [3.8, 4) is 0 Å². The number of carbonyl (C=O) groups excluding carboxylic acids is 1. The van der Waals surface area contributed by atoms with Crippen LogP contribution in [0.5, 0.6) is 0 Å². The van der Waals surface area contributed by atoms with Crippen LogP contribution < -0.4 is 0 Å². The second kappa shape index (κ2) is 9.73. The molecule has 2 aromatic carbocycles. The zero-order valence-electron chi connectivity index (χ0n) is 17.3. The summed E-state index contributed by atoms with van der Waals surface area (Å²) in [6, 6.07) is 12.2. The van der Waals surface area contributed by atoms with Crippen molar-refractivity contribution in [1.82, 2.24) is 4.90 Å². The fourth-order valence-corrected chi connectivity index (χ4v) is 3.62. The molecule has 1 aliphatic rings. The monoisotopic (exact) mass is 452 g/mol. The number of hydrogen-bond acceptors (Lipinski definition) is 3. The van der Waals surface area contributed by atoms with Gasteiger partial charge in [-0.25, -0.2) is 0 Å². The molecule has 0 N–H and O–H groups in total. The average molecular weight is 453 g/mol. The number of nitrogens with zero attached hydrogens (tertiary/aromatic N) is 2. The number of hydrogen-bond donors (Lipinski definition) is 0. The van der Waals surface area contributed by atoms with Gasteiger partial charge in [0.25, 0.3) is 0 Å². The van der Waals surface area contributed by atoms with Gasteiger partial charge in [0.15, 0.2) is 6.10 Å². The van der Waals surface area contributed by atoms with Gasteiger partial charge in [-0.05, 0) is 29.7 Å². The van der Waals surface area contributed by atoms with Gasteiger partial charge in [-0.15, -0.1) is 0 Å². The molecule has 1 amide bonds. The second-order valence-electron chi connectivity index (χ2n) is 8.02. The van der Waals surface area contributed by atoms with E-state index in [2.05, 4.69) is 5.16 Å². The van der Waals surface area contributed by atoms with Gasteiger partial charge in [0.2, 0.25) is 5.91 Å². The smallest absolute Gasteiger partial charge is 0.390 e. The minimum atomic E-state index is -4.39. The van der Waals surface area contributed by atoms with Gasteiger partial charge in [-0.3, -0.25) is 4.79 Å². The van der Waals surface area contributed by atoms with Crippen molar-refractivity contribution in [2.75, 3.05) is 6.54 Å². The molecule has 1 unspecified atom stereocenters. The molecule has 1 atom stereocenters. The molecule has 166 valence electrons. The van der Waals surface area contributed by atoms with E-state index >= 15 is 0 Å². The van der Waals surface area contributed by atoms with Crippen molar-refractivity contribution in [3.05, 3.63) is 70.2 Å². The Balaban J connectivity index is 1.70. The summed E-state index contributed by atoms with van der Waals surface area (Å²) in [4.78, 5) is 20.0. The molecule has 0 saturated carbocycles. The molecular weight excluding hydrogens is 429 g/mol. The van der Waals surface area contributed by atoms with E-state index in [9.17, 15) is 18.0 Å². The second-order valence-corrected chi connectivity index (χ2v) is 8.42. The van der Waals surface area contributed by atoms with E-state index in [1.165, 1.54) is 12.1 Å². The van der Waals surface area contributed by atoms with Crippen LogP contribution in [-0.4, -0.2) is 29.2 Å². The maximum atomic E-state index is 12.8. The lowest BCUT2D eigenvalue weighted by atomic mass is 10.0. The molecule has 0 spiro atoms. The summed E-state index contributed by atoms with van der Waals surface area (Å²) in [6.07, 6.45) is -3.92. The van der Waals surface area contributed by atoms with Crippen molar-refractivity contribution in [2.45, 2.75) is 45.5 Å². The van der Waals surface area contributed by atoms with Crippen LogP contribution in [-0.2, 0) is 22.4 Å². The number of rotatable bonds is 7. The SMILES string of the molecule is CC(C)CC(=O)N(Cc1ccc(C(F)(F)F)cc1)CC1CC(c2ccccc2Cl)=NO1. The number of halogens is 4. The first-order chi connectivity index (χ1) is 14.6. The number of oxime groups is 1. The third kappa shape index (κ3) is 6.23. The molecule has 0 fully saturated rings. The van der Waals surface area contributed by atoms with Gasteiger partial charge in [-0.1, -0.05) is 60.9 Å². The zero-order chi connectivity index (χ0) is 22.6. The van der Waals surface area contributed by atoms with E-state index < -0.39 is 11.7 Å². The molecule has 2 aromatic rings. The maximum Gasteiger partial charge on any atom is 0.416 e. The van der Waals surface area contributed by atoms with Gasteiger partial charge < -0.3 is 9.74 Å². The van der Waals surface area contributed by atoms with E-state index in [0.29, 0.717) is 29.1 Å². The Morgan fingerprint density at radius 2 is 1.87 bits per heavy atom. The Bertz CT molecular complexity index is 943. The Labute approximate surface area is 184 Å². The topological polar surface area (TPSA) is 41.9 Å². The van der Waals surface area contributed by atoms with Crippen LogP contribution in [0.15, 0.2) is 53.7 Å². The largest absolute Gasteiger partial charge is 0.416 e. The molecule has 0 aromatic heterocycles. The molecule has 0 radical (unpaired) electrons. The standard InChI is InChI=1S/C23H24ClF3N2O2/c1-15(2)11-22(30)29(13-16-7-9-17(10-8-16)23(25,26)27)14-18-12-21(28-31-18)19-5-3-4-6-20(19)24/h3-10,15,18H,11-14H2,1-2H3. The highest BCUT2D eigenvalue weighted by Gasteiger charge is 2.31. The van der Waals surface area contributed by atoms with E-state index in [1.807, 2.05) is 32.0 Å². The molecule has 8 heteroatoms. The van der Waals surface area contributed by atoms with Crippen LogP contribution in [0.3, 0.4) is 0 Å². The Morgan fingerprint density at radius 3 is 2.48 bits per heavy atom. The quantitative estimate of drug-likeness (QED) is 0.522. The van der Waals surface area contributed by atoms with Crippen molar-refractivity contribution >= 4 is 23.2 Å². The first-order valence-corrected chi connectivity index (χ1v) is 10.4. The maximum absolute atomic E-state index is 12.8. The number of carbonyl (C=O) groups is 1. The highest BCUT2D eigenvalue weighted by molar-refractivity contribution is 6.34. The summed E-state index contributed by atoms with van der Waals surface area (Å²) in [6.45, 7) is 4.37. The summed E-state index contributed by atoms with van der Waals surface area (Å²) in [7, 11) is 0. The van der Waals surface area contributed by atoms with Gasteiger partial charge in [0.1, 0.15) is 0 Å². The van der Waals surface area contributed by atoms with Crippen LogP contribution in [0, 0.1) is 5.92 Å². The van der Waals surface area contributed by atoms with Crippen LogP contribution in [0.2, 0.25) is 5.02 Å². The predicted molar refractivity (Wildman–Crippen MR) is 114 cm³/mol. The van der Waals surface area contributed by atoms with Crippen LogP contribution in [0.1, 0.15) is 43.4 Å². The van der Waals surface area contributed by atoms with E-state index in [4.69, 9.17) is 16.4 Å². The van der Waals surface area contributed by atoms with Gasteiger partial charge in [0, 0.05) is 30.0 Å². The van der Waals surface area contributed by atoms with Crippen LogP contribution in [0.4, 0.5) is 13.2 Å². The van der Waals surface area contributed by atoms with E-state index in [0.717, 1.165) is 17.7 Å². The lowest BCUT2D eigenvalue weighted by Crippen LogP contribution is -2.37. The van der Waals surface area contributed by atoms with Crippen molar-refractivity contribution < 1.29 is 22.8 Å². The molecule has 1 aliphatic heterocycles. The molecular formula is C23H24ClF3N2O2. The van der Waals surface area contributed by atoms with Crippen LogP contribution >= 0.6 is 11.6 Å². The fourth-order valence-electron chi connectivity index (χ4n) is 3.38. The molecule has 1 heterocycles. The minimum absolute atomic E-state index is 0.0790. The Hall–Kier alpha value is -2.54. The molecule has 0 saturated heterocycles. The first-order valence-electron chi connectivity index (χ1n) is 10.0. The van der Waals surface area contributed by atoms with Gasteiger partial charge in [0.05, 0.1) is 17.8 Å². The third-order valence-electron chi connectivity index (χ3n) is 4.93. The van der Waals surface area contributed by atoms with Crippen LogP contribution in [0.25, 0.3) is 0 Å². The molecule has 0 aliphatic carbocycles. The minimum Gasteiger partial charge on any atom is -0.390 e. The third-order valence-corrected chi connectivity index (χ3v) is 5.26. The number of alkyl halides is 3. The van der Waals surface area contributed by atoms with Crippen molar-refractivity contribution in [1.29, 1.82) is 0 Å². The summed E-state index contributed by atoms with van der Waals surface area (Å²) in [5.41, 5.74) is 1.40. The molecule has 31 heavy (non-hydrogen) atoms. The van der Waals surface area contributed by atoms with E-state index in [1.54, 1.807) is 11.0 Å². The lowest BCUT2D eigenvalue weighted by molar-refractivity contribution is -0.138. The summed E-state index contributed by atoms with van der Waals surface area (Å²) in [5, 5.41) is 4.71. The fraction of sp³-hybridized carbons (Fsp3) is 0.391. The van der Waals surface area contributed by atoms with Crippen molar-refractivity contribution in [2.24, 2.45) is 11.1 Å². The summed E-state index contributed by atoms with van der Waals surface area (Å²) < 4.78 is 38.5. The summed E-state index contributed by atoms with van der Waals surface area (Å²) >= 11 is 6.24. The number of amides is 1. The Morgan fingerprint density at radius 1 is 1.19 bits per heavy atom. The van der Waals surface area contributed by atoms with Gasteiger partial charge >= 0.3 is 6.18 Å². The van der Waals surface area contributed by atoms with Gasteiger partial charge in [-0.2, -0.15) is 13.2 Å². The highest BCUT2D eigenvalue weighted by Crippen LogP contribution is 2.29. The number of benzene rings is 2. The van der Waals surface area contributed by atoms with Crippen molar-refractivity contribution in [3.63, 3.8) is 0 Å². The molecule has 4 nitrogen and oxygen atoms in total. The lowest BCUT2D eigenvalue weighted by Gasteiger charge is -2.26. The predicted octanol–water partition coefficient (Wildman–Crippen LogP) is 5.93. The summed E-state index contributed by atoms with van der Waals surface area (Å²) in [5.74, 6) is 0.0757. The normalized spacial score (nSPS) is 16.2. The highest BCUT2D eigenvalue weighted by atomic mass is 35.5. The average Bonchev–Trinajstić information content (AvgIpc) is 3.15. The molecule has 0 bridgehead atoms. The molecule has 3 rings (SSSR count). The van der Waals surface area contributed by atoms with E-state index in [-0.39, 0.29) is 31.0 Å². The zero-order valence-corrected chi connectivity index (χ0v) is 18.1. The first kappa shape index (κ1) is 23.1.